The van der Waals surface area contributed by atoms with Crippen molar-refractivity contribution in [3.63, 3.8) is 0 Å². The molecule has 1 aliphatic heterocycles. The molecule has 1 heterocycles. The summed E-state index contributed by atoms with van der Waals surface area (Å²) in [5, 5.41) is 5.87. The molecule has 0 spiro atoms. The highest BCUT2D eigenvalue weighted by molar-refractivity contribution is 5.89. The van der Waals surface area contributed by atoms with Crippen molar-refractivity contribution in [1.82, 2.24) is 10.2 Å². The zero-order valence-corrected chi connectivity index (χ0v) is 16.0. The number of nitrogens with zero attached hydrogens (tertiary/aromatic N) is 1. The van der Waals surface area contributed by atoms with Gasteiger partial charge in [-0.2, -0.15) is 0 Å². The second-order valence-electron chi connectivity index (χ2n) is 6.85. The number of piperidine rings is 1. The van der Waals surface area contributed by atoms with Crippen molar-refractivity contribution < 1.29 is 19.1 Å². The van der Waals surface area contributed by atoms with E-state index in [9.17, 15) is 9.59 Å². The summed E-state index contributed by atoms with van der Waals surface area (Å²) in [5.74, 6) is 1.49. The summed E-state index contributed by atoms with van der Waals surface area (Å²) in [6.45, 7) is 5.71. The summed E-state index contributed by atoms with van der Waals surface area (Å²) in [6.07, 6.45) is 1.94. The Morgan fingerprint density at radius 3 is 2.62 bits per heavy atom. The van der Waals surface area contributed by atoms with Crippen LogP contribution in [0.2, 0.25) is 0 Å². The Hall–Kier alpha value is -2.44. The molecule has 2 rings (SSSR count). The highest BCUT2D eigenvalue weighted by Gasteiger charge is 2.24. The van der Waals surface area contributed by atoms with Gasteiger partial charge in [0.05, 0.1) is 14.2 Å². The summed E-state index contributed by atoms with van der Waals surface area (Å²) < 4.78 is 10.5. The first-order chi connectivity index (χ1) is 12.4. The lowest BCUT2D eigenvalue weighted by Gasteiger charge is -2.33. The van der Waals surface area contributed by atoms with Crippen molar-refractivity contribution >= 4 is 17.6 Å². The zero-order chi connectivity index (χ0) is 19.1. The Kier molecular flexibility index (Phi) is 7.12. The highest BCUT2D eigenvalue weighted by atomic mass is 16.5. The van der Waals surface area contributed by atoms with E-state index in [0.717, 1.165) is 12.8 Å². The fraction of sp³-hybridized carbons (Fsp3) is 0.579. The van der Waals surface area contributed by atoms with Crippen LogP contribution in [0.3, 0.4) is 0 Å². The number of carbonyl (C=O) groups is 2. The monoisotopic (exact) mass is 363 g/mol. The molecule has 1 fully saturated rings. The van der Waals surface area contributed by atoms with Gasteiger partial charge in [-0.3, -0.25) is 4.79 Å². The topological polar surface area (TPSA) is 79.9 Å². The molecule has 1 aromatic carbocycles. The van der Waals surface area contributed by atoms with Crippen LogP contribution in [0, 0.1) is 11.8 Å². The van der Waals surface area contributed by atoms with Crippen molar-refractivity contribution in [3.8, 4) is 11.5 Å². The minimum Gasteiger partial charge on any atom is -0.493 e. The van der Waals surface area contributed by atoms with Crippen LogP contribution in [0.4, 0.5) is 10.5 Å². The number of amides is 3. The van der Waals surface area contributed by atoms with Gasteiger partial charge in [0.15, 0.2) is 11.5 Å². The number of carbonyl (C=O) groups excluding carboxylic acids is 2. The second-order valence-corrected chi connectivity index (χ2v) is 6.85. The summed E-state index contributed by atoms with van der Waals surface area (Å²) in [6, 6.07) is 5.14. The Morgan fingerprint density at radius 2 is 1.96 bits per heavy atom. The van der Waals surface area contributed by atoms with E-state index in [1.54, 1.807) is 37.3 Å². The van der Waals surface area contributed by atoms with Gasteiger partial charge in [0.25, 0.3) is 0 Å². The molecule has 3 amide bonds. The van der Waals surface area contributed by atoms with Crippen LogP contribution in [0.25, 0.3) is 0 Å². The van der Waals surface area contributed by atoms with Gasteiger partial charge in [0.1, 0.15) is 0 Å². The first kappa shape index (κ1) is 19.9. The van der Waals surface area contributed by atoms with E-state index in [-0.39, 0.29) is 23.8 Å². The lowest BCUT2D eigenvalue weighted by atomic mass is 9.98. The largest absolute Gasteiger partial charge is 0.493 e. The molecular formula is C19H29N3O4. The molecule has 1 aromatic rings. The van der Waals surface area contributed by atoms with E-state index in [0.29, 0.717) is 36.8 Å². The van der Waals surface area contributed by atoms with Crippen molar-refractivity contribution in [3.05, 3.63) is 18.2 Å². The summed E-state index contributed by atoms with van der Waals surface area (Å²) in [7, 11) is 3.13. The van der Waals surface area contributed by atoms with E-state index in [1.165, 1.54) is 0 Å². The molecule has 0 aliphatic carbocycles. The van der Waals surface area contributed by atoms with Crippen LogP contribution in [0.15, 0.2) is 18.2 Å². The first-order valence-electron chi connectivity index (χ1n) is 9.00. The van der Waals surface area contributed by atoms with E-state index in [1.807, 2.05) is 13.8 Å². The van der Waals surface area contributed by atoms with Crippen molar-refractivity contribution in [2.24, 2.45) is 11.8 Å². The minimum atomic E-state index is -0.142. The van der Waals surface area contributed by atoms with Gasteiger partial charge in [-0.15, -0.1) is 0 Å². The number of nitrogens with one attached hydrogen (secondary N) is 2. The van der Waals surface area contributed by atoms with Crippen LogP contribution in [-0.2, 0) is 4.79 Å². The Balaban J connectivity index is 1.91. The quantitative estimate of drug-likeness (QED) is 0.814. The van der Waals surface area contributed by atoms with Gasteiger partial charge in [0, 0.05) is 37.3 Å². The summed E-state index contributed by atoms with van der Waals surface area (Å²) in [5.41, 5.74) is 0.655. The summed E-state index contributed by atoms with van der Waals surface area (Å²) >= 11 is 0. The lowest BCUT2D eigenvalue weighted by molar-refractivity contribution is -0.124. The maximum absolute atomic E-state index is 12.6. The number of likely N-dealkylation sites (tertiary alicyclic amines) is 1. The number of hydrogen-bond donors (Lipinski definition) is 2. The van der Waals surface area contributed by atoms with Gasteiger partial charge < -0.3 is 25.0 Å². The van der Waals surface area contributed by atoms with Gasteiger partial charge in [-0.05, 0) is 30.9 Å². The van der Waals surface area contributed by atoms with Gasteiger partial charge in [0.2, 0.25) is 5.91 Å². The number of ether oxygens (including phenoxy) is 2. The van der Waals surface area contributed by atoms with E-state index in [2.05, 4.69) is 10.6 Å². The fourth-order valence-corrected chi connectivity index (χ4v) is 2.98. The van der Waals surface area contributed by atoms with Crippen LogP contribution in [0.5, 0.6) is 11.5 Å². The lowest BCUT2D eigenvalue weighted by Crippen LogP contribution is -2.45. The number of urea groups is 1. The predicted octanol–water partition coefficient (Wildman–Crippen LogP) is 2.72. The maximum atomic E-state index is 12.6. The normalized spacial score (nSPS) is 17.0. The number of benzene rings is 1. The number of anilines is 1. The molecule has 26 heavy (non-hydrogen) atoms. The third-order valence-corrected chi connectivity index (χ3v) is 4.53. The first-order valence-corrected chi connectivity index (χ1v) is 9.00. The average Bonchev–Trinajstić information content (AvgIpc) is 2.65. The second kappa shape index (κ2) is 9.31. The van der Waals surface area contributed by atoms with E-state index >= 15 is 0 Å². The van der Waals surface area contributed by atoms with Crippen LogP contribution in [-0.4, -0.2) is 50.7 Å². The standard InChI is InChI=1S/C19H29N3O4/c1-13(2)18(23)20-11-14-6-5-9-22(12-14)19(24)21-15-7-8-16(25-3)17(10-15)26-4/h7-8,10,13-14H,5-6,9,11-12H2,1-4H3,(H,20,23)(H,21,24)/t14-/m0/s1. The average molecular weight is 363 g/mol. The Labute approximate surface area is 155 Å². The third-order valence-electron chi connectivity index (χ3n) is 4.53. The SMILES string of the molecule is COc1ccc(NC(=O)N2CCC[C@@H](CNC(=O)C(C)C)C2)cc1OC. The maximum Gasteiger partial charge on any atom is 0.321 e. The molecule has 0 unspecified atom stereocenters. The summed E-state index contributed by atoms with van der Waals surface area (Å²) in [4.78, 5) is 26.1. The molecule has 1 aliphatic rings. The Bertz CT molecular complexity index is 633. The number of hydrogen-bond acceptors (Lipinski definition) is 4. The Morgan fingerprint density at radius 1 is 1.23 bits per heavy atom. The fourth-order valence-electron chi connectivity index (χ4n) is 2.98. The van der Waals surface area contributed by atoms with Crippen LogP contribution in [0.1, 0.15) is 26.7 Å². The van der Waals surface area contributed by atoms with E-state index < -0.39 is 0 Å². The van der Waals surface area contributed by atoms with Crippen molar-refractivity contribution in [1.29, 1.82) is 0 Å². The number of methoxy groups -OCH3 is 2. The molecule has 7 heteroatoms. The van der Waals surface area contributed by atoms with Crippen molar-refractivity contribution in [2.75, 3.05) is 39.2 Å². The van der Waals surface area contributed by atoms with Gasteiger partial charge >= 0.3 is 6.03 Å². The molecule has 0 bridgehead atoms. The van der Waals surface area contributed by atoms with Crippen LogP contribution < -0.4 is 20.1 Å². The third kappa shape index (κ3) is 5.28. The molecule has 144 valence electrons. The molecule has 1 saturated heterocycles. The molecule has 2 N–H and O–H groups in total. The highest BCUT2D eigenvalue weighted by Crippen LogP contribution is 2.30. The van der Waals surface area contributed by atoms with Crippen molar-refractivity contribution in [2.45, 2.75) is 26.7 Å². The van der Waals surface area contributed by atoms with E-state index in [4.69, 9.17) is 9.47 Å². The predicted molar refractivity (Wildman–Crippen MR) is 101 cm³/mol. The number of rotatable bonds is 6. The molecule has 0 aromatic heterocycles. The molecule has 0 saturated carbocycles. The minimum absolute atomic E-state index is 0.0250. The molecule has 7 nitrogen and oxygen atoms in total. The van der Waals surface area contributed by atoms with Gasteiger partial charge in [-0.1, -0.05) is 13.8 Å². The molecule has 1 atom stereocenters. The molecular weight excluding hydrogens is 334 g/mol. The van der Waals surface area contributed by atoms with Gasteiger partial charge in [-0.25, -0.2) is 4.79 Å². The van der Waals surface area contributed by atoms with Crippen LogP contribution >= 0.6 is 0 Å². The zero-order valence-electron chi connectivity index (χ0n) is 16.0. The smallest absolute Gasteiger partial charge is 0.321 e. The molecule has 0 radical (unpaired) electrons.